The number of likely N-dealkylation sites (N-methyl/N-ethyl adjacent to an activating group) is 1. The minimum absolute atomic E-state index is 0. The highest BCUT2D eigenvalue weighted by atomic mass is 35.5. The second-order valence-corrected chi connectivity index (χ2v) is 9.36. The summed E-state index contributed by atoms with van der Waals surface area (Å²) < 4.78 is 6.45. The van der Waals surface area contributed by atoms with E-state index in [1.807, 2.05) is 0 Å². The van der Waals surface area contributed by atoms with Crippen molar-refractivity contribution in [2.75, 3.05) is 13.6 Å². The predicted octanol–water partition coefficient (Wildman–Crippen LogP) is -2.83. The number of rotatable bonds is 4. The lowest BCUT2D eigenvalue weighted by Gasteiger charge is -2.57. The number of amides is 1. The van der Waals surface area contributed by atoms with Crippen LogP contribution in [0.4, 0.5) is 0 Å². The summed E-state index contributed by atoms with van der Waals surface area (Å²) in [5.74, 6) is 0.253. The van der Waals surface area contributed by atoms with Crippen LogP contribution >= 0.6 is 0 Å². The van der Waals surface area contributed by atoms with Gasteiger partial charge in [-0.1, -0.05) is 0 Å². The molecule has 1 saturated carbocycles. The Labute approximate surface area is 182 Å². The number of nitrogens with one attached hydrogen (secondary N) is 2. The molecule has 1 amide bonds. The highest BCUT2D eigenvalue weighted by molar-refractivity contribution is 5.74. The van der Waals surface area contributed by atoms with Crippen LogP contribution in [0.25, 0.3) is 0 Å². The van der Waals surface area contributed by atoms with E-state index in [1.165, 1.54) is 10.5 Å². The van der Waals surface area contributed by atoms with E-state index >= 15 is 0 Å². The number of hydrogen-bond donors (Lipinski definition) is 4. The van der Waals surface area contributed by atoms with Gasteiger partial charge in [-0.2, -0.15) is 0 Å². The van der Waals surface area contributed by atoms with Crippen molar-refractivity contribution in [1.82, 2.24) is 5.32 Å². The average molecular weight is 437 g/mol. The number of quaternary nitrogens is 1. The minimum atomic E-state index is -0.829. The van der Waals surface area contributed by atoms with Crippen molar-refractivity contribution in [3.63, 3.8) is 0 Å². The zero-order chi connectivity index (χ0) is 20.5. The molecule has 0 aromatic heterocycles. The number of ether oxygens (including phenoxy) is 1. The van der Waals surface area contributed by atoms with Gasteiger partial charge in [-0.25, -0.2) is 0 Å². The second kappa shape index (κ2) is 7.31. The van der Waals surface area contributed by atoms with E-state index in [0.29, 0.717) is 24.1 Å². The monoisotopic (exact) mass is 436 g/mol. The van der Waals surface area contributed by atoms with Crippen molar-refractivity contribution in [3.05, 3.63) is 22.8 Å². The van der Waals surface area contributed by atoms with Crippen molar-refractivity contribution in [2.45, 2.75) is 69.1 Å². The summed E-state index contributed by atoms with van der Waals surface area (Å²) in [4.78, 5) is 24.6. The molecule has 2 unspecified atom stereocenters. The van der Waals surface area contributed by atoms with Crippen molar-refractivity contribution < 1.29 is 41.8 Å². The van der Waals surface area contributed by atoms with E-state index < -0.39 is 5.97 Å². The number of halogens is 1. The highest BCUT2D eigenvalue weighted by Crippen LogP contribution is 2.62. The lowest BCUT2D eigenvalue weighted by atomic mass is 9.50. The Bertz CT molecular complexity index is 906. The van der Waals surface area contributed by atoms with Crippen LogP contribution in [0.3, 0.4) is 0 Å². The van der Waals surface area contributed by atoms with Gasteiger partial charge in [-0.3, -0.25) is 9.59 Å². The van der Waals surface area contributed by atoms with Crippen LogP contribution in [-0.2, 0) is 27.8 Å². The van der Waals surface area contributed by atoms with Crippen LogP contribution in [0.15, 0.2) is 6.07 Å². The van der Waals surface area contributed by atoms with E-state index in [0.717, 1.165) is 43.4 Å². The fraction of sp³-hybridized carbons (Fsp3) is 0.636. The molecule has 2 fully saturated rings. The molecule has 2 aliphatic heterocycles. The summed E-state index contributed by atoms with van der Waals surface area (Å²) in [6, 6.07) is 2.10. The number of phenols is 1. The molecule has 2 aliphatic carbocycles. The summed E-state index contributed by atoms with van der Waals surface area (Å²) in [6.07, 6.45) is 4.07. The quantitative estimate of drug-likeness (QED) is 0.408. The Kier molecular flexibility index (Phi) is 5.18. The number of carboxylic acid groups (broad SMARTS) is 1. The molecule has 30 heavy (non-hydrogen) atoms. The van der Waals surface area contributed by atoms with E-state index in [-0.39, 0.29) is 48.0 Å². The highest BCUT2D eigenvalue weighted by Gasteiger charge is 2.67. The maximum Gasteiger partial charge on any atom is 0.303 e. The maximum atomic E-state index is 11.9. The SMILES string of the molecule is CC(=O)N[C@H]1CCC2[C@H]3Cc4c(CCC(=O)O)cc(O)c5c4[C@@]2(CC[NH+]3C)[C@H]1O5.[Cl-]. The molecule has 2 heterocycles. The second-order valence-electron chi connectivity index (χ2n) is 9.36. The van der Waals surface area contributed by atoms with Gasteiger partial charge in [0.05, 0.1) is 31.1 Å². The Morgan fingerprint density at radius 2 is 2.13 bits per heavy atom. The van der Waals surface area contributed by atoms with E-state index in [9.17, 15) is 19.8 Å². The molecule has 4 aliphatic rings. The van der Waals surface area contributed by atoms with Gasteiger partial charge in [-0.15, -0.1) is 0 Å². The molecule has 8 heteroatoms. The first-order valence-corrected chi connectivity index (χ1v) is 10.7. The molecule has 1 aromatic carbocycles. The van der Waals surface area contributed by atoms with Gasteiger partial charge < -0.3 is 37.6 Å². The lowest BCUT2D eigenvalue weighted by molar-refractivity contribution is -0.919. The van der Waals surface area contributed by atoms with E-state index in [2.05, 4.69) is 12.4 Å². The van der Waals surface area contributed by atoms with Crippen LogP contribution in [0.2, 0.25) is 0 Å². The lowest BCUT2D eigenvalue weighted by Crippen LogP contribution is -3.16. The molecular weight excluding hydrogens is 408 g/mol. The molecule has 1 aromatic rings. The van der Waals surface area contributed by atoms with Gasteiger partial charge in [0, 0.05) is 37.7 Å². The number of carbonyl (C=O) groups excluding carboxylic acids is 1. The number of carboxylic acids is 1. The number of phenolic OH excluding ortho intramolecular Hbond substituents is 1. The zero-order valence-corrected chi connectivity index (χ0v) is 18.1. The number of benzene rings is 1. The number of carbonyl (C=O) groups is 2. The van der Waals surface area contributed by atoms with Crippen LogP contribution in [0.5, 0.6) is 11.5 Å². The first-order chi connectivity index (χ1) is 13.8. The number of piperidine rings is 1. The third-order valence-corrected chi connectivity index (χ3v) is 7.97. The molecule has 0 radical (unpaired) electrons. The van der Waals surface area contributed by atoms with E-state index in [4.69, 9.17) is 4.74 Å². The fourth-order valence-electron chi connectivity index (χ4n) is 6.92. The number of aryl methyl sites for hydroxylation is 1. The minimum Gasteiger partial charge on any atom is -1.00 e. The Morgan fingerprint density at radius 1 is 1.37 bits per heavy atom. The summed E-state index contributed by atoms with van der Waals surface area (Å²) in [7, 11) is 2.26. The summed E-state index contributed by atoms with van der Waals surface area (Å²) in [5.41, 5.74) is 3.04. The molecular formula is C22H29ClN2O5. The first kappa shape index (κ1) is 21.2. The summed E-state index contributed by atoms with van der Waals surface area (Å²) >= 11 is 0. The predicted molar refractivity (Wildman–Crippen MR) is 104 cm³/mol. The molecule has 2 bridgehead atoms. The smallest absolute Gasteiger partial charge is 0.303 e. The standard InChI is InChI=1S/C22H28N2O5.ClH/c1-11(25)23-15-5-4-14-16-10-13-12(3-6-18(27)28)9-17(26)20-19(13)22(14,21(15)29-20)7-8-24(16)2;/h9,14-16,21,26H,3-8,10H2,1-2H3,(H,23,25)(H,27,28);1H/t14?,15-,16+,21-,22-;/m0./s1. The van der Waals surface area contributed by atoms with Gasteiger partial charge in [0.25, 0.3) is 0 Å². The maximum absolute atomic E-state index is 11.9. The van der Waals surface area contributed by atoms with E-state index in [1.54, 1.807) is 13.0 Å². The van der Waals surface area contributed by atoms with Crippen LogP contribution in [0.1, 0.15) is 49.3 Å². The third-order valence-electron chi connectivity index (χ3n) is 7.97. The molecule has 1 spiro atoms. The first-order valence-electron chi connectivity index (χ1n) is 10.7. The van der Waals surface area contributed by atoms with Crippen molar-refractivity contribution in [1.29, 1.82) is 0 Å². The van der Waals surface area contributed by atoms with Gasteiger partial charge in [0.1, 0.15) is 6.10 Å². The van der Waals surface area contributed by atoms with Crippen molar-refractivity contribution in [2.24, 2.45) is 5.92 Å². The van der Waals surface area contributed by atoms with Gasteiger partial charge in [0.2, 0.25) is 5.91 Å². The molecule has 5 rings (SSSR count). The Morgan fingerprint density at radius 3 is 2.83 bits per heavy atom. The molecule has 1 saturated heterocycles. The average Bonchev–Trinajstić information content (AvgIpc) is 3.01. The van der Waals surface area contributed by atoms with Gasteiger partial charge in [-0.05, 0) is 36.5 Å². The number of hydrogen-bond acceptors (Lipinski definition) is 4. The largest absolute Gasteiger partial charge is 1.00 e. The van der Waals surface area contributed by atoms with Crippen LogP contribution in [0, 0.1) is 5.92 Å². The summed E-state index contributed by atoms with van der Waals surface area (Å²) in [6.45, 7) is 2.58. The fourth-order valence-corrected chi connectivity index (χ4v) is 6.92. The van der Waals surface area contributed by atoms with Crippen LogP contribution in [-0.4, -0.2) is 53.9 Å². The topological polar surface area (TPSA) is 100 Å². The number of likely N-dealkylation sites (tertiary alicyclic amines) is 1. The normalized spacial score (nSPS) is 34.9. The molecule has 4 N–H and O–H groups in total. The molecule has 6 atom stereocenters. The van der Waals surface area contributed by atoms with Crippen molar-refractivity contribution in [3.8, 4) is 11.5 Å². The third kappa shape index (κ3) is 2.82. The van der Waals surface area contributed by atoms with Gasteiger partial charge in [0.15, 0.2) is 11.5 Å². The molecule has 7 nitrogen and oxygen atoms in total. The number of aromatic hydroxyl groups is 1. The number of aliphatic carboxylic acids is 1. The Balaban J connectivity index is 0.00000218. The zero-order valence-electron chi connectivity index (χ0n) is 17.3. The van der Waals surface area contributed by atoms with Gasteiger partial charge >= 0.3 is 5.97 Å². The van der Waals surface area contributed by atoms with Crippen LogP contribution < -0.4 is 27.4 Å². The van der Waals surface area contributed by atoms with Crippen molar-refractivity contribution >= 4 is 11.9 Å². The summed E-state index contributed by atoms with van der Waals surface area (Å²) in [5, 5.41) is 23.1. The molecule has 164 valence electrons. The Hall–Kier alpha value is -1.99.